The average Bonchev–Trinajstić information content (AvgIpc) is 3.22. The number of rotatable bonds is 5. The van der Waals surface area contributed by atoms with Gasteiger partial charge in [-0.1, -0.05) is 37.6 Å². The number of nitrogens with one attached hydrogen (secondary N) is 1. The summed E-state index contributed by atoms with van der Waals surface area (Å²) in [5, 5.41) is 4.35. The first kappa shape index (κ1) is 18.6. The van der Waals surface area contributed by atoms with Crippen molar-refractivity contribution >= 4 is 45.2 Å². The molecule has 4 rings (SSSR count). The predicted octanol–water partition coefficient (Wildman–Crippen LogP) is 5.58. The molecule has 0 fully saturated rings. The first-order valence-electron chi connectivity index (χ1n) is 9.41. The molecule has 2 heterocycles. The minimum atomic E-state index is -0.233. The SMILES string of the molecule is CCc1nc2ccccc2n1C[C@H](C)C(=O)Nc1cc(Cl)c2oc(C)cc2c1. The van der Waals surface area contributed by atoms with Crippen LogP contribution in [-0.4, -0.2) is 15.5 Å². The van der Waals surface area contributed by atoms with Gasteiger partial charge in [-0.25, -0.2) is 4.98 Å². The smallest absolute Gasteiger partial charge is 0.229 e. The van der Waals surface area contributed by atoms with E-state index in [0.717, 1.165) is 34.4 Å². The number of carbonyl (C=O) groups is 1. The molecule has 0 aliphatic heterocycles. The van der Waals surface area contributed by atoms with Gasteiger partial charge in [0.25, 0.3) is 0 Å². The molecule has 0 bridgehead atoms. The zero-order valence-corrected chi connectivity index (χ0v) is 16.9. The number of nitrogens with zero attached hydrogens (tertiary/aromatic N) is 2. The Kier molecular flexibility index (Phi) is 4.85. The first-order chi connectivity index (χ1) is 13.5. The van der Waals surface area contributed by atoms with Gasteiger partial charge >= 0.3 is 0 Å². The van der Waals surface area contributed by atoms with Crippen LogP contribution in [0, 0.1) is 12.8 Å². The molecule has 1 amide bonds. The summed E-state index contributed by atoms with van der Waals surface area (Å²) in [5.41, 5.74) is 3.32. The maximum Gasteiger partial charge on any atom is 0.229 e. The van der Waals surface area contributed by atoms with E-state index in [1.807, 2.05) is 50.2 Å². The summed E-state index contributed by atoms with van der Waals surface area (Å²) < 4.78 is 7.72. The fourth-order valence-electron chi connectivity index (χ4n) is 3.53. The summed E-state index contributed by atoms with van der Waals surface area (Å²) in [6.45, 7) is 6.44. The molecule has 2 aromatic carbocycles. The Morgan fingerprint density at radius 3 is 2.86 bits per heavy atom. The van der Waals surface area contributed by atoms with E-state index in [9.17, 15) is 4.79 Å². The summed E-state index contributed by atoms with van der Waals surface area (Å²) >= 11 is 6.30. The molecule has 0 saturated carbocycles. The molecule has 6 heteroatoms. The second-order valence-electron chi connectivity index (χ2n) is 7.10. The summed E-state index contributed by atoms with van der Waals surface area (Å²) in [4.78, 5) is 17.5. The van der Waals surface area contributed by atoms with E-state index in [-0.39, 0.29) is 11.8 Å². The molecule has 28 heavy (non-hydrogen) atoms. The highest BCUT2D eigenvalue weighted by Crippen LogP contribution is 2.30. The molecule has 0 spiro atoms. The number of para-hydroxylation sites is 2. The Morgan fingerprint density at radius 1 is 1.29 bits per heavy atom. The lowest BCUT2D eigenvalue weighted by atomic mass is 10.1. The van der Waals surface area contributed by atoms with E-state index in [0.29, 0.717) is 22.8 Å². The van der Waals surface area contributed by atoms with Crippen molar-refractivity contribution in [2.24, 2.45) is 5.92 Å². The molecule has 0 aliphatic carbocycles. The molecular formula is C22H22ClN3O2. The Hall–Kier alpha value is -2.79. The van der Waals surface area contributed by atoms with Crippen molar-refractivity contribution in [1.29, 1.82) is 0 Å². The van der Waals surface area contributed by atoms with E-state index in [1.54, 1.807) is 6.07 Å². The molecule has 0 unspecified atom stereocenters. The number of fused-ring (bicyclic) bond motifs is 2. The second kappa shape index (κ2) is 7.32. The molecule has 0 saturated heterocycles. The Balaban J connectivity index is 1.56. The van der Waals surface area contributed by atoms with Crippen molar-refractivity contribution in [3.8, 4) is 0 Å². The molecular weight excluding hydrogens is 374 g/mol. The number of hydrogen-bond donors (Lipinski definition) is 1. The van der Waals surface area contributed by atoms with Crippen molar-refractivity contribution in [1.82, 2.24) is 9.55 Å². The number of imidazole rings is 1. The number of amides is 1. The number of aromatic nitrogens is 2. The number of hydrogen-bond acceptors (Lipinski definition) is 3. The maximum atomic E-state index is 12.8. The zero-order valence-electron chi connectivity index (χ0n) is 16.1. The Bertz CT molecular complexity index is 1180. The van der Waals surface area contributed by atoms with Crippen LogP contribution in [0.5, 0.6) is 0 Å². The number of halogens is 1. The maximum absolute atomic E-state index is 12.8. The minimum absolute atomic E-state index is 0.0598. The molecule has 1 atom stereocenters. The highest BCUT2D eigenvalue weighted by atomic mass is 35.5. The van der Waals surface area contributed by atoms with E-state index < -0.39 is 0 Å². The number of furan rings is 1. The third-order valence-electron chi connectivity index (χ3n) is 4.92. The summed E-state index contributed by atoms with van der Waals surface area (Å²) in [6, 6.07) is 13.5. The normalized spacial score (nSPS) is 12.6. The van der Waals surface area contributed by atoms with Gasteiger partial charge in [-0.3, -0.25) is 4.79 Å². The molecule has 144 valence electrons. The topological polar surface area (TPSA) is 60.1 Å². The van der Waals surface area contributed by atoms with Gasteiger partial charge in [0.15, 0.2) is 5.58 Å². The monoisotopic (exact) mass is 395 g/mol. The molecule has 4 aromatic rings. The molecule has 0 radical (unpaired) electrons. The van der Waals surface area contributed by atoms with Gasteiger partial charge in [0.1, 0.15) is 11.6 Å². The van der Waals surface area contributed by atoms with E-state index in [2.05, 4.69) is 21.8 Å². The van der Waals surface area contributed by atoms with Crippen LogP contribution in [0.1, 0.15) is 25.4 Å². The summed E-state index contributed by atoms with van der Waals surface area (Å²) in [7, 11) is 0. The van der Waals surface area contributed by atoms with Crippen LogP contribution in [-0.2, 0) is 17.8 Å². The average molecular weight is 396 g/mol. The molecule has 0 aliphatic rings. The largest absolute Gasteiger partial charge is 0.460 e. The quantitative estimate of drug-likeness (QED) is 0.479. The van der Waals surface area contributed by atoms with Crippen LogP contribution in [0.15, 0.2) is 46.9 Å². The van der Waals surface area contributed by atoms with Crippen molar-refractivity contribution < 1.29 is 9.21 Å². The van der Waals surface area contributed by atoms with Crippen LogP contribution in [0.4, 0.5) is 5.69 Å². The highest BCUT2D eigenvalue weighted by Gasteiger charge is 2.18. The van der Waals surface area contributed by atoms with E-state index >= 15 is 0 Å². The van der Waals surface area contributed by atoms with Crippen molar-refractivity contribution in [3.05, 3.63) is 59.1 Å². The molecule has 5 nitrogen and oxygen atoms in total. The Labute approximate surface area is 168 Å². The summed E-state index contributed by atoms with van der Waals surface area (Å²) in [6.07, 6.45) is 0.815. The zero-order chi connectivity index (χ0) is 19.8. The van der Waals surface area contributed by atoms with Gasteiger partial charge in [0.05, 0.1) is 22.0 Å². The third kappa shape index (κ3) is 3.38. The van der Waals surface area contributed by atoms with Crippen molar-refractivity contribution in [3.63, 3.8) is 0 Å². The van der Waals surface area contributed by atoms with Gasteiger partial charge in [0.2, 0.25) is 5.91 Å². The van der Waals surface area contributed by atoms with Gasteiger partial charge < -0.3 is 14.3 Å². The fourth-order valence-corrected chi connectivity index (χ4v) is 3.80. The summed E-state index contributed by atoms with van der Waals surface area (Å²) in [5.74, 6) is 1.48. The lowest BCUT2D eigenvalue weighted by Gasteiger charge is -2.15. The van der Waals surface area contributed by atoms with Crippen LogP contribution in [0.2, 0.25) is 5.02 Å². The predicted molar refractivity (Wildman–Crippen MR) is 113 cm³/mol. The van der Waals surface area contributed by atoms with Gasteiger partial charge in [-0.2, -0.15) is 0 Å². The highest BCUT2D eigenvalue weighted by molar-refractivity contribution is 6.35. The number of benzene rings is 2. The van der Waals surface area contributed by atoms with Crippen LogP contribution in [0.25, 0.3) is 22.0 Å². The van der Waals surface area contributed by atoms with Crippen LogP contribution >= 0.6 is 11.6 Å². The minimum Gasteiger partial charge on any atom is -0.460 e. The van der Waals surface area contributed by atoms with Gasteiger partial charge in [-0.05, 0) is 37.3 Å². The van der Waals surface area contributed by atoms with Crippen molar-refractivity contribution in [2.45, 2.75) is 33.7 Å². The molecule has 1 N–H and O–H groups in total. The number of aryl methyl sites for hydroxylation is 2. The number of carbonyl (C=O) groups excluding carboxylic acids is 1. The standard InChI is InChI=1S/C22H22ClN3O2/c1-4-20-25-18-7-5-6-8-19(18)26(20)12-13(2)22(27)24-16-10-15-9-14(3)28-21(15)17(23)11-16/h5-11,13H,4,12H2,1-3H3,(H,24,27)/t13-/m0/s1. The lowest BCUT2D eigenvalue weighted by Crippen LogP contribution is -2.25. The molecule has 2 aromatic heterocycles. The number of anilines is 1. The van der Waals surface area contributed by atoms with Crippen molar-refractivity contribution in [2.75, 3.05) is 5.32 Å². The van der Waals surface area contributed by atoms with Gasteiger partial charge in [-0.15, -0.1) is 0 Å². The Morgan fingerprint density at radius 2 is 2.07 bits per heavy atom. The van der Waals surface area contributed by atoms with E-state index in [4.69, 9.17) is 16.0 Å². The van der Waals surface area contributed by atoms with E-state index in [1.165, 1.54) is 0 Å². The van der Waals surface area contributed by atoms with Gasteiger partial charge in [0, 0.05) is 24.0 Å². The van der Waals surface area contributed by atoms with Crippen LogP contribution in [0.3, 0.4) is 0 Å². The lowest BCUT2D eigenvalue weighted by molar-refractivity contribution is -0.119. The second-order valence-corrected chi connectivity index (χ2v) is 7.51. The third-order valence-corrected chi connectivity index (χ3v) is 5.20. The first-order valence-corrected chi connectivity index (χ1v) is 9.78. The fraction of sp³-hybridized carbons (Fsp3) is 0.273. The van der Waals surface area contributed by atoms with Crippen LogP contribution < -0.4 is 5.32 Å².